The van der Waals surface area contributed by atoms with Gasteiger partial charge in [0.05, 0.1) is 0 Å². The van der Waals surface area contributed by atoms with E-state index in [1.165, 1.54) is 12.1 Å². The summed E-state index contributed by atoms with van der Waals surface area (Å²) < 4.78 is 5.49. The molecule has 18 heavy (non-hydrogen) atoms. The first-order chi connectivity index (χ1) is 8.66. The van der Waals surface area contributed by atoms with E-state index in [1.807, 2.05) is 30.3 Å². The van der Waals surface area contributed by atoms with Gasteiger partial charge in [-0.2, -0.15) is 0 Å². The third kappa shape index (κ3) is 2.79. The van der Waals surface area contributed by atoms with E-state index >= 15 is 0 Å². The van der Waals surface area contributed by atoms with Crippen LogP contribution in [0.1, 0.15) is 15.9 Å². The maximum atomic E-state index is 10.7. The third-order valence-corrected chi connectivity index (χ3v) is 2.44. The predicted octanol–water partition coefficient (Wildman–Crippen LogP) is 2.67. The summed E-state index contributed by atoms with van der Waals surface area (Å²) in [5, 5.41) is 18.3. The molecule has 0 saturated heterocycles. The van der Waals surface area contributed by atoms with Crippen LogP contribution in [0.15, 0.2) is 48.5 Å². The largest absolute Gasteiger partial charge is 0.507 e. The van der Waals surface area contributed by atoms with Gasteiger partial charge in [-0.25, -0.2) is 4.79 Å². The highest BCUT2D eigenvalue weighted by Crippen LogP contribution is 2.20. The molecular weight excluding hydrogens is 232 g/mol. The van der Waals surface area contributed by atoms with Crippen LogP contribution in [0.25, 0.3) is 0 Å². The fraction of sp³-hybridized carbons (Fsp3) is 0.0714. The summed E-state index contributed by atoms with van der Waals surface area (Å²) >= 11 is 0. The summed E-state index contributed by atoms with van der Waals surface area (Å²) in [5.41, 5.74) is 0.597. The fourth-order valence-electron chi connectivity index (χ4n) is 1.53. The number of carboxylic acids is 1. The lowest BCUT2D eigenvalue weighted by Gasteiger charge is -2.07. The average molecular weight is 244 g/mol. The van der Waals surface area contributed by atoms with E-state index in [2.05, 4.69) is 0 Å². The van der Waals surface area contributed by atoms with E-state index in [0.717, 1.165) is 5.75 Å². The lowest BCUT2D eigenvalue weighted by molar-refractivity contribution is 0.0693. The number of carboxylic acid groups (broad SMARTS) is 1. The molecule has 0 amide bonds. The summed E-state index contributed by atoms with van der Waals surface area (Å²) in [6.07, 6.45) is 0. The van der Waals surface area contributed by atoms with Crippen molar-refractivity contribution < 1.29 is 19.7 Å². The Morgan fingerprint density at radius 2 is 1.83 bits per heavy atom. The van der Waals surface area contributed by atoms with E-state index in [-0.39, 0.29) is 17.9 Å². The topological polar surface area (TPSA) is 66.8 Å². The molecule has 0 aliphatic heterocycles. The monoisotopic (exact) mass is 244 g/mol. The van der Waals surface area contributed by atoms with Crippen LogP contribution in [0.3, 0.4) is 0 Å². The van der Waals surface area contributed by atoms with Crippen molar-refractivity contribution >= 4 is 5.97 Å². The quantitative estimate of drug-likeness (QED) is 0.867. The molecular formula is C14H12O4. The lowest BCUT2D eigenvalue weighted by Crippen LogP contribution is -1.99. The first-order valence-electron chi connectivity index (χ1n) is 5.40. The number of para-hydroxylation sites is 1. The highest BCUT2D eigenvalue weighted by molar-refractivity contribution is 5.90. The van der Waals surface area contributed by atoms with Crippen molar-refractivity contribution in [1.29, 1.82) is 0 Å². The fourth-order valence-corrected chi connectivity index (χ4v) is 1.53. The van der Waals surface area contributed by atoms with Gasteiger partial charge in [0.25, 0.3) is 0 Å². The van der Waals surface area contributed by atoms with Gasteiger partial charge in [-0.3, -0.25) is 0 Å². The Morgan fingerprint density at radius 1 is 1.11 bits per heavy atom. The maximum absolute atomic E-state index is 10.7. The summed E-state index contributed by atoms with van der Waals surface area (Å²) in [6, 6.07) is 13.6. The molecule has 0 aliphatic rings. The van der Waals surface area contributed by atoms with Gasteiger partial charge in [0.15, 0.2) is 0 Å². The molecule has 4 nitrogen and oxygen atoms in total. The lowest BCUT2D eigenvalue weighted by atomic mass is 10.1. The van der Waals surface area contributed by atoms with Gasteiger partial charge < -0.3 is 14.9 Å². The van der Waals surface area contributed by atoms with Gasteiger partial charge >= 0.3 is 5.97 Å². The minimum absolute atomic E-state index is 0.113. The Kier molecular flexibility index (Phi) is 3.48. The van der Waals surface area contributed by atoms with Crippen LogP contribution in [0, 0.1) is 0 Å². The molecule has 2 N–H and O–H groups in total. The van der Waals surface area contributed by atoms with Crippen LogP contribution in [0.5, 0.6) is 11.5 Å². The molecule has 0 heterocycles. The summed E-state index contributed by atoms with van der Waals surface area (Å²) in [7, 11) is 0. The van der Waals surface area contributed by atoms with E-state index in [4.69, 9.17) is 9.84 Å². The Labute approximate surface area is 104 Å². The molecule has 0 fully saturated rings. The molecule has 0 radical (unpaired) electrons. The first-order valence-corrected chi connectivity index (χ1v) is 5.40. The predicted molar refractivity (Wildman–Crippen MR) is 65.8 cm³/mol. The number of carbonyl (C=O) groups is 1. The van der Waals surface area contributed by atoms with Crippen molar-refractivity contribution in [3.8, 4) is 11.5 Å². The van der Waals surface area contributed by atoms with Gasteiger partial charge in [0.2, 0.25) is 0 Å². The molecule has 0 saturated carbocycles. The van der Waals surface area contributed by atoms with Crippen LogP contribution in [-0.4, -0.2) is 16.2 Å². The zero-order valence-corrected chi connectivity index (χ0v) is 9.54. The highest BCUT2D eigenvalue weighted by atomic mass is 16.5. The smallest absolute Gasteiger partial charge is 0.339 e. The van der Waals surface area contributed by atoms with Crippen molar-refractivity contribution in [2.75, 3.05) is 0 Å². The summed E-state index contributed by atoms with van der Waals surface area (Å²) in [6.45, 7) is 0.275. The molecule has 2 aromatic rings. The third-order valence-electron chi connectivity index (χ3n) is 2.44. The number of phenols is 1. The normalized spacial score (nSPS) is 10.0. The Morgan fingerprint density at radius 3 is 2.44 bits per heavy atom. The summed E-state index contributed by atoms with van der Waals surface area (Å²) in [4.78, 5) is 10.7. The second kappa shape index (κ2) is 5.23. The van der Waals surface area contributed by atoms with Crippen LogP contribution in [0.4, 0.5) is 0 Å². The number of aromatic hydroxyl groups is 1. The minimum Gasteiger partial charge on any atom is -0.507 e. The van der Waals surface area contributed by atoms with E-state index in [0.29, 0.717) is 5.56 Å². The molecule has 0 atom stereocenters. The molecule has 92 valence electrons. The molecule has 0 unspecified atom stereocenters. The van der Waals surface area contributed by atoms with Gasteiger partial charge in [0.1, 0.15) is 23.7 Å². The van der Waals surface area contributed by atoms with E-state index in [9.17, 15) is 9.90 Å². The average Bonchev–Trinajstić information content (AvgIpc) is 2.37. The molecule has 0 spiro atoms. The van der Waals surface area contributed by atoms with E-state index < -0.39 is 5.97 Å². The SMILES string of the molecule is O=C(O)c1ccc(COc2ccccc2)cc1O. The molecule has 0 bridgehead atoms. The van der Waals surface area contributed by atoms with Gasteiger partial charge in [0, 0.05) is 0 Å². The molecule has 2 aromatic carbocycles. The van der Waals surface area contributed by atoms with Crippen molar-refractivity contribution in [3.63, 3.8) is 0 Å². The van der Waals surface area contributed by atoms with Crippen LogP contribution in [-0.2, 0) is 6.61 Å². The number of rotatable bonds is 4. The van der Waals surface area contributed by atoms with Gasteiger partial charge in [-0.05, 0) is 29.8 Å². The Balaban J connectivity index is 2.07. The number of ether oxygens (including phenoxy) is 1. The number of aromatic carboxylic acids is 1. The second-order valence-corrected chi connectivity index (χ2v) is 3.76. The zero-order chi connectivity index (χ0) is 13.0. The van der Waals surface area contributed by atoms with Crippen molar-refractivity contribution in [2.45, 2.75) is 6.61 Å². The number of benzene rings is 2. The van der Waals surface area contributed by atoms with Crippen LogP contribution in [0.2, 0.25) is 0 Å². The minimum atomic E-state index is -1.15. The first kappa shape index (κ1) is 12.0. The second-order valence-electron chi connectivity index (χ2n) is 3.76. The van der Waals surface area contributed by atoms with Crippen LogP contribution >= 0.6 is 0 Å². The van der Waals surface area contributed by atoms with Crippen molar-refractivity contribution in [2.24, 2.45) is 0 Å². The molecule has 2 rings (SSSR count). The number of hydrogen-bond acceptors (Lipinski definition) is 3. The molecule has 0 aromatic heterocycles. The molecule has 0 aliphatic carbocycles. The van der Waals surface area contributed by atoms with Crippen LogP contribution < -0.4 is 4.74 Å². The van der Waals surface area contributed by atoms with Crippen molar-refractivity contribution in [3.05, 3.63) is 59.7 Å². The molecule has 4 heteroatoms. The summed E-state index contributed by atoms with van der Waals surface area (Å²) in [5.74, 6) is -0.681. The van der Waals surface area contributed by atoms with Crippen molar-refractivity contribution in [1.82, 2.24) is 0 Å². The van der Waals surface area contributed by atoms with E-state index in [1.54, 1.807) is 6.07 Å². The standard InChI is InChI=1S/C14H12O4/c15-13-8-10(6-7-12(13)14(16)17)9-18-11-4-2-1-3-5-11/h1-8,15H,9H2,(H,16,17). The Bertz CT molecular complexity index is 549. The maximum Gasteiger partial charge on any atom is 0.339 e. The Hall–Kier alpha value is -2.49. The zero-order valence-electron chi connectivity index (χ0n) is 9.54. The van der Waals surface area contributed by atoms with Gasteiger partial charge in [-0.1, -0.05) is 24.3 Å². The number of hydrogen-bond donors (Lipinski definition) is 2. The highest BCUT2D eigenvalue weighted by Gasteiger charge is 2.09. The van der Waals surface area contributed by atoms with Gasteiger partial charge in [-0.15, -0.1) is 0 Å².